The molecule has 0 bridgehead atoms. The van der Waals surface area contributed by atoms with Crippen LogP contribution in [0.5, 0.6) is 5.75 Å². The number of rotatable bonds is 7. The number of nitrogens with zero attached hydrogens (tertiary/aromatic N) is 1. The van der Waals surface area contributed by atoms with Crippen LogP contribution >= 0.6 is 23.2 Å². The summed E-state index contributed by atoms with van der Waals surface area (Å²) >= 11 is 11.8. The van der Waals surface area contributed by atoms with Gasteiger partial charge in [-0.25, -0.2) is 4.79 Å². The topological polar surface area (TPSA) is 84.9 Å². The second kappa shape index (κ2) is 8.92. The van der Waals surface area contributed by atoms with Crippen LogP contribution in [0.3, 0.4) is 0 Å². The number of esters is 1. The molecule has 136 valence electrons. The summed E-state index contributed by atoms with van der Waals surface area (Å²) in [4.78, 5) is 36.2. The number of nitrogens with one attached hydrogen (secondary N) is 1. The van der Waals surface area contributed by atoms with Gasteiger partial charge in [-0.3, -0.25) is 14.5 Å². The van der Waals surface area contributed by atoms with E-state index in [0.717, 1.165) is 4.90 Å². The van der Waals surface area contributed by atoms with Crippen LogP contribution in [-0.4, -0.2) is 48.6 Å². The Kier molecular flexibility index (Phi) is 6.90. The number of benzene rings is 1. The van der Waals surface area contributed by atoms with Crippen molar-refractivity contribution in [1.82, 2.24) is 10.2 Å². The third-order valence-corrected chi connectivity index (χ3v) is 3.99. The molecule has 0 aliphatic carbocycles. The van der Waals surface area contributed by atoms with Crippen molar-refractivity contribution in [2.45, 2.75) is 25.9 Å². The summed E-state index contributed by atoms with van der Waals surface area (Å²) in [6.45, 7) is 2.37. The minimum absolute atomic E-state index is 0.0784. The molecule has 1 aromatic carbocycles. The van der Waals surface area contributed by atoms with Crippen LogP contribution in [-0.2, 0) is 14.3 Å². The molecule has 0 aromatic heterocycles. The summed E-state index contributed by atoms with van der Waals surface area (Å²) in [5, 5.41) is 3.41. The van der Waals surface area contributed by atoms with Gasteiger partial charge in [-0.05, 0) is 31.5 Å². The molecule has 2 rings (SSSR count). The second-order valence-corrected chi connectivity index (χ2v) is 6.22. The predicted octanol–water partition coefficient (Wildman–Crippen LogP) is 2.64. The van der Waals surface area contributed by atoms with Crippen LogP contribution in [0.15, 0.2) is 18.2 Å². The zero-order valence-corrected chi connectivity index (χ0v) is 15.1. The molecular weight excluding hydrogens is 371 g/mol. The van der Waals surface area contributed by atoms with Gasteiger partial charge in [0.15, 0.2) is 6.10 Å². The van der Waals surface area contributed by atoms with Crippen LogP contribution < -0.4 is 10.1 Å². The van der Waals surface area contributed by atoms with E-state index in [2.05, 4.69) is 5.32 Å². The Labute approximate surface area is 155 Å². The molecule has 25 heavy (non-hydrogen) atoms. The highest BCUT2D eigenvalue weighted by atomic mass is 35.5. The number of halogens is 2. The van der Waals surface area contributed by atoms with Crippen molar-refractivity contribution in [3.8, 4) is 5.75 Å². The van der Waals surface area contributed by atoms with Crippen LogP contribution in [0.2, 0.25) is 10.0 Å². The lowest BCUT2D eigenvalue weighted by Crippen LogP contribution is -2.41. The first-order valence-corrected chi connectivity index (χ1v) is 8.50. The lowest BCUT2D eigenvalue weighted by molar-refractivity contribution is -0.157. The van der Waals surface area contributed by atoms with Crippen molar-refractivity contribution in [1.29, 1.82) is 0 Å². The van der Waals surface area contributed by atoms with Crippen LogP contribution in [0.4, 0.5) is 4.79 Å². The molecule has 3 amide bonds. The van der Waals surface area contributed by atoms with Crippen molar-refractivity contribution in [3.63, 3.8) is 0 Å². The maximum Gasteiger partial charge on any atom is 0.324 e. The zero-order chi connectivity index (χ0) is 18.4. The molecule has 1 atom stereocenters. The summed E-state index contributed by atoms with van der Waals surface area (Å²) in [6, 6.07) is 4.39. The predicted molar refractivity (Wildman–Crippen MR) is 91.9 cm³/mol. The molecule has 1 aliphatic heterocycles. The van der Waals surface area contributed by atoms with E-state index in [1.165, 1.54) is 6.92 Å². The van der Waals surface area contributed by atoms with Crippen molar-refractivity contribution in [2.75, 3.05) is 19.7 Å². The van der Waals surface area contributed by atoms with E-state index in [-0.39, 0.29) is 19.6 Å². The molecule has 1 saturated heterocycles. The molecule has 0 unspecified atom stereocenters. The lowest BCUT2D eigenvalue weighted by atomic mass is 10.3. The summed E-state index contributed by atoms with van der Waals surface area (Å²) in [5.74, 6) is -0.596. The third-order valence-electron chi connectivity index (χ3n) is 3.46. The van der Waals surface area contributed by atoms with Crippen molar-refractivity contribution < 1.29 is 23.9 Å². The highest BCUT2D eigenvalue weighted by Gasteiger charge is 2.31. The molecule has 0 saturated carbocycles. The Bertz CT molecular complexity index is 668. The van der Waals surface area contributed by atoms with Gasteiger partial charge in [0.2, 0.25) is 0 Å². The Hall–Kier alpha value is -1.99. The van der Waals surface area contributed by atoms with Gasteiger partial charge in [-0.1, -0.05) is 23.2 Å². The van der Waals surface area contributed by atoms with Crippen molar-refractivity contribution in [2.24, 2.45) is 0 Å². The highest BCUT2D eigenvalue weighted by molar-refractivity contribution is 6.35. The van der Waals surface area contributed by atoms with Gasteiger partial charge in [0.25, 0.3) is 5.91 Å². The minimum Gasteiger partial charge on any atom is -0.492 e. The van der Waals surface area contributed by atoms with Gasteiger partial charge in [0, 0.05) is 24.5 Å². The SMILES string of the molecule is C[C@H](OC(=O)CCCOc1ccc(Cl)cc1Cl)C(=O)N1CCNC1=O. The molecule has 1 heterocycles. The molecule has 0 radical (unpaired) electrons. The largest absolute Gasteiger partial charge is 0.492 e. The van der Waals surface area contributed by atoms with Gasteiger partial charge in [0.05, 0.1) is 11.6 Å². The number of hydrogen-bond acceptors (Lipinski definition) is 5. The highest BCUT2D eigenvalue weighted by Crippen LogP contribution is 2.27. The normalized spacial score (nSPS) is 14.8. The lowest BCUT2D eigenvalue weighted by Gasteiger charge is -2.18. The molecule has 0 spiro atoms. The minimum atomic E-state index is -1.01. The summed E-state index contributed by atoms with van der Waals surface area (Å²) in [6.07, 6.45) is -0.541. The Balaban J connectivity index is 1.69. The fraction of sp³-hybridized carbons (Fsp3) is 0.438. The summed E-state index contributed by atoms with van der Waals surface area (Å²) in [5.41, 5.74) is 0. The van der Waals surface area contributed by atoms with Crippen LogP contribution in [0.1, 0.15) is 19.8 Å². The van der Waals surface area contributed by atoms with Gasteiger partial charge in [0.1, 0.15) is 5.75 Å². The van der Waals surface area contributed by atoms with E-state index < -0.39 is 24.0 Å². The number of carbonyl (C=O) groups excluding carboxylic acids is 3. The van der Waals surface area contributed by atoms with Crippen molar-refractivity contribution in [3.05, 3.63) is 28.2 Å². The fourth-order valence-corrected chi connectivity index (χ4v) is 2.66. The summed E-state index contributed by atoms with van der Waals surface area (Å²) < 4.78 is 10.5. The molecule has 7 nitrogen and oxygen atoms in total. The number of urea groups is 1. The first kappa shape index (κ1) is 19.3. The number of hydrogen-bond donors (Lipinski definition) is 1. The van der Waals surface area contributed by atoms with E-state index >= 15 is 0 Å². The monoisotopic (exact) mass is 388 g/mol. The van der Waals surface area contributed by atoms with E-state index in [4.69, 9.17) is 32.7 Å². The smallest absolute Gasteiger partial charge is 0.324 e. The number of amides is 3. The Morgan fingerprint density at radius 1 is 1.36 bits per heavy atom. The van der Waals surface area contributed by atoms with Gasteiger partial charge in [-0.15, -0.1) is 0 Å². The maximum absolute atomic E-state index is 12.0. The van der Waals surface area contributed by atoms with Gasteiger partial charge in [-0.2, -0.15) is 0 Å². The first-order chi connectivity index (χ1) is 11.9. The third kappa shape index (κ3) is 5.51. The maximum atomic E-state index is 12.0. The van der Waals surface area contributed by atoms with Crippen LogP contribution in [0, 0.1) is 0 Å². The van der Waals surface area contributed by atoms with E-state index in [9.17, 15) is 14.4 Å². The van der Waals surface area contributed by atoms with Crippen molar-refractivity contribution >= 4 is 41.1 Å². The molecular formula is C16H18Cl2N2O5. The number of ether oxygens (including phenoxy) is 2. The van der Waals surface area contributed by atoms with Crippen LogP contribution in [0.25, 0.3) is 0 Å². The average molecular weight is 389 g/mol. The zero-order valence-electron chi connectivity index (χ0n) is 13.6. The molecule has 1 N–H and O–H groups in total. The molecule has 1 aliphatic rings. The number of imide groups is 1. The quantitative estimate of drug-likeness (QED) is 0.573. The molecule has 1 fully saturated rings. The van der Waals surface area contributed by atoms with Gasteiger partial charge >= 0.3 is 12.0 Å². The fourth-order valence-electron chi connectivity index (χ4n) is 2.20. The Morgan fingerprint density at radius 3 is 2.76 bits per heavy atom. The first-order valence-electron chi connectivity index (χ1n) is 7.75. The molecule has 1 aromatic rings. The average Bonchev–Trinajstić information content (AvgIpc) is 2.98. The van der Waals surface area contributed by atoms with Gasteiger partial charge < -0.3 is 14.8 Å². The molecule has 9 heteroatoms. The second-order valence-electron chi connectivity index (χ2n) is 5.38. The van der Waals surface area contributed by atoms with E-state index in [0.29, 0.717) is 28.8 Å². The van der Waals surface area contributed by atoms with E-state index in [1.807, 2.05) is 0 Å². The van der Waals surface area contributed by atoms with E-state index in [1.54, 1.807) is 18.2 Å². The summed E-state index contributed by atoms with van der Waals surface area (Å²) in [7, 11) is 0. The number of carbonyl (C=O) groups is 3. The standard InChI is InChI=1S/C16H18Cl2N2O5/c1-10(15(22)20-7-6-19-16(20)23)25-14(21)3-2-8-24-13-5-4-11(17)9-12(13)18/h4-5,9-10H,2-3,6-8H2,1H3,(H,19,23)/t10-/m0/s1. The Morgan fingerprint density at radius 2 is 2.12 bits per heavy atom.